The van der Waals surface area contributed by atoms with Crippen LogP contribution in [0.25, 0.3) is 0 Å². The van der Waals surface area contributed by atoms with Crippen LogP contribution in [-0.4, -0.2) is 64.6 Å². The highest BCUT2D eigenvalue weighted by molar-refractivity contribution is 6.24. The Kier molecular flexibility index (Phi) is 4.71. The molecule has 4 heterocycles. The summed E-state index contributed by atoms with van der Waals surface area (Å²) in [7, 11) is 0. The summed E-state index contributed by atoms with van der Waals surface area (Å²) in [6.45, 7) is 3.56. The lowest BCUT2D eigenvalue weighted by Gasteiger charge is -2.35. The van der Waals surface area contributed by atoms with Crippen molar-refractivity contribution >= 4 is 23.6 Å². The summed E-state index contributed by atoms with van der Waals surface area (Å²) >= 11 is 0. The van der Waals surface area contributed by atoms with Gasteiger partial charge in [-0.25, -0.2) is 0 Å². The van der Waals surface area contributed by atoms with Crippen LogP contribution in [0.15, 0.2) is 18.2 Å². The molecule has 1 aromatic carbocycles. The monoisotopic (exact) mass is 410 g/mol. The molecule has 5 rings (SSSR count). The molecule has 3 saturated heterocycles. The molecular weight excluding hydrogens is 384 g/mol. The van der Waals surface area contributed by atoms with E-state index in [1.807, 2.05) is 6.07 Å². The van der Waals surface area contributed by atoms with Gasteiger partial charge in [-0.2, -0.15) is 0 Å². The maximum absolute atomic E-state index is 13.2. The predicted octanol–water partition coefficient (Wildman–Crippen LogP) is 0.806. The van der Waals surface area contributed by atoms with Gasteiger partial charge in [-0.3, -0.25) is 34.3 Å². The van der Waals surface area contributed by atoms with E-state index in [-0.39, 0.29) is 24.3 Å². The quantitative estimate of drug-likeness (QED) is 0.716. The lowest BCUT2D eigenvalue weighted by atomic mass is 9.88. The highest BCUT2D eigenvalue weighted by Crippen LogP contribution is 2.33. The number of carbonyl (C=O) groups is 4. The first kappa shape index (κ1) is 19.4. The molecule has 0 saturated carbocycles. The van der Waals surface area contributed by atoms with E-state index >= 15 is 0 Å². The second-order valence-electron chi connectivity index (χ2n) is 8.91. The second-order valence-corrected chi connectivity index (χ2v) is 8.91. The molecule has 4 amide bonds. The Balaban J connectivity index is 1.37. The molecule has 0 aliphatic carbocycles. The molecule has 4 aliphatic heterocycles. The smallest absolute Gasteiger partial charge is 0.262 e. The topological polar surface area (TPSA) is 98.8 Å². The molecular formula is C22H26N4O4. The van der Waals surface area contributed by atoms with Crippen LogP contribution in [0.1, 0.15) is 64.8 Å². The Hall–Kier alpha value is -2.58. The minimum Gasteiger partial charge on any atom is -0.310 e. The fourth-order valence-corrected chi connectivity index (χ4v) is 5.43. The minimum absolute atomic E-state index is 0.125. The Labute approximate surface area is 175 Å². The molecule has 4 aliphatic rings. The standard InChI is InChI=1S/C22H26N4O4/c27-17-7-6-16(19(28)24-17)26-20(29)15-5-3-4-14(18(15)21(26)30)12-25-11-9-22(13-25)8-1-2-10-23-22/h3-5,16,23H,1-2,6-13H2,(H,24,27,28). The van der Waals surface area contributed by atoms with Crippen LogP contribution in [0.5, 0.6) is 0 Å². The Morgan fingerprint density at radius 3 is 2.70 bits per heavy atom. The van der Waals surface area contributed by atoms with Gasteiger partial charge >= 0.3 is 0 Å². The fourth-order valence-electron chi connectivity index (χ4n) is 5.43. The number of benzene rings is 1. The largest absolute Gasteiger partial charge is 0.310 e. The number of amides is 4. The third-order valence-corrected chi connectivity index (χ3v) is 6.96. The zero-order valence-electron chi connectivity index (χ0n) is 16.9. The molecule has 158 valence electrons. The van der Waals surface area contributed by atoms with E-state index in [9.17, 15) is 19.2 Å². The van der Waals surface area contributed by atoms with Crippen molar-refractivity contribution < 1.29 is 19.2 Å². The van der Waals surface area contributed by atoms with Crippen molar-refractivity contribution in [2.75, 3.05) is 19.6 Å². The number of rotatable bonds is 3. The Morgan fingerprint density at radius 1 is 1.07 bits per heavy atom. The van der Waals surface area contributed by atoms with E-state index in [0.717, 1.165) is 36.5 Å². The summed E-state index contributed by atoms with van der Waals surface area (Å²) in [4.78, 5) is 53.3. The van der Waals surface area contributed by atoms with E-state index < -0.39 is 23.8 Å². The number of piperidine rings is 2. The molecule has 1 spiro atoms. The predicted molar refractivity (Wildman–Crippen MR) is 108 cm³/mol. The van der Waals surface area contributed by atoms with E-state index in [4.69, 9.17) is 0 Å². The number of nitrogens with one attached hydrogen (secondary N) is 2. The molecule has 8 nitrogen and oxygen atoms in total. The van der Waals surface area contributed by atoms with Gasteiger partial charge in [-0.05, 0) is 43.9 Å². The normalized spacial score (nSPS) is 29.6. The number of nitrogens with zero attached hydrogens (tertiary/aromatic N) is 2. The Morgan fingerprint density at radius 2 is 1.93 bits per heavy atom. The van der Waals surface area contributed by atoms with Crippen LogP contribution in [0, 0.1) is 0 Å². The van der Waals surface area contributed by atoms with E-state index in [1.54, 1.807) is 12.1 Å². The average molecular weight is 410 g/mol. The van der Waals surface area contributed by atoms with Crippen LogP contribution in [0.4, 0.5) is 0 Å². The van der Waals surface area contributed by atoms with Crippen molar-refractivity contribution in [2.45, 2.75) is 56.7 Å². The van der Waals surface area contributed by atoms with Gasteiger partial charge < -0.3 is 5.32 Å². The highest BCUT2D eigenvalue weighted by atomic mass is 16.2. The number of carbonyl (C=O) groups excluding carboxylic acids is 4. The molecule has 2 atom stereocenters. The minimum atomic E-state index is -0.926. The zero-order chi connectivity index (χ0) is 20.9. The summed E-state index contributed by atoms with van der Waals surface area (Å²) in [5.74, 6) is -1.82. The SMILES string of the molecule is O=C1CCC(N2C(=O)c3cccc(CN4CCC5(CCCCN5)C4)c3C2=O)C(=O)N1. The first-order chi connectivity index (χ1) is 14.5. The van der Waals surface area contributed by atoms with Gasteiger partial charge in [0.05, 0.1) is 11.1 Å². The van der Waals surface area contributed by atoms with Crippen LogP contribution >= 0.6 is 0 Å². The van der Waals surface area contributed by atoms with Crippen LogP contribution in [-0.2, 0) is 16.1 Å². The summed E-state index contributed by atoms with van der Waals surface area (Å²) in [5, 5.41) is 5.94. The van der Waals surface area contributed by atoms with Crippen molar-refractivity contribution in [1.82, 2.24) is 20.4 Å². The van der Waals surface area contributed by atoms with Gasteiger partial charge in [0.25, 0.3) is 11.8 Å². The zero-order valence-corrected chi connectivity index (χ0v) is 16.9. The fraction of sp³-hybridized carbons (Fsp3) is 0.545. The molecule has 2 unspecified atom stereocenters. The van der Waals surface area contributed by atoms with Gasteiger partial charge in [-0.15, -0.1) is 0 Å². The second kappa shape index (κ2) is 7.28. The number of fused-ring (bicyclic) bond motifs is 1. The summed E-state index contributed by atoms with van der Waals surface area (Å²) in [6.07, 6.45) is 5.04. The molecule has 1 aromatic rings. The molecule has 2 N–H and O–H groups in total. The van der Waals surface area contributed by atoms with Crippen molar-refractivity contribution in [2.24, 2.45) is 0 Å². The highest BCUT2D eigenvalue weighted by Gasteiger charge is 2.46. The van der Waals surface area contributed by atoms with Crippen molar-refractivity contribution in [3.05, 3.63) is 34.9 Å². The molecule has 0 bridgehead atoms. The third kappa shape index (κ3) is 3.15. The lowest BCUT2D eigenvalue weighted by Crippen LogP contribution is -2.54. The van der Waals surface area contributed by atoms with Gasteiger partial charge in [0.1, 0.15) is 6.04 Å². The molecule has 0 aromatic heterocycles. The number of likely N-dealkylation sites (tertiary alicyclic amines) is 1. The van der Waals surface area contributed by atoms with Gasteiger partial charge in [0, 0.05) is 31.6 Å². The van der Waals surface area contributed by atoms with Crippen molar-refractivity contribution in [3.63, 3.8) is 0 Å². The van der Waals surface area contributed by atoms with Crippen LogP contribution in [0.2, 0.25) is 0 Å². The average Bonchev–Trinajstić information content (AvgIpc) is 3.22. The van der Waals surface area contributed by atoms with Gasteiger partial charge in [0.15, 0.2) is 0 Å². The molecule has 30 heavy (non-hydrogen) atoms. The summed E-state index contributed by atoms with van der Waals surface area (Å²) in [6, 6.07) is 4.43. The number of hydrogen-bond donors (Lipinski definition) is 2. The van der Waals surface area contributed by atoms with Crippen molar-refractivity contribution in [3.8, 4) is 0 Å². The van der Waals surface area contributed by atoms with Gasteiger partial charge in [-0.1, -0.05) is 18.6 Å². The first-order valence-corrected chi connectivity index (χ1v) is 10.8. The lowest BCUT2D eigenvalue weighted by molar-refractivity contribution is -0.136. The number of imide groups is 2. The third-order valence-electron chi connectivity index (χ3n) is 6.96. The summed E-state index contributed by atoms with van der Waals surface area (Å²) in [5.41, 5.74) is 1.76. The van der Waals surface area contributed by atoms with Gasteiger partial charge in [0.2, 0.25) is 11.8 Å². The van der Waals surface area contributed by atoms with E-state index in [1.165, 1.54) is 19.3 Å². The van der Waals surface area contributed by atoms with Crippen LogP contribution < -0.4 is 10.6 Å². The maximum atomic E-state index is 13.2. The number of hydrogen-bond acceptors (Lipinski definition) is 6. The van der Waals surface area contributed by atoms with E-state index in [0.29, 0.717) is 17.7 Å². The molecule has 8 heteroatoms. The molecule has 3 fully saturated rings. The van der Waals surface area contributed by atoms with Crippen LogP contribution in [0.3, 0.4) is 0 Å². The Bertz CT molecular complexity index is 937. The summed E-state index contributed by atoms with van der Waals surface area (Å²) < 4.78 is 0. The van der Waals surface area contributed by atoms with E-state index in [2.05, 4.69) is 15.5 Å². The maximum Gasteiger partial charge on any atom is 0.262 e. The molecule has 0 radical (unpaired) electrons. The first-order valence-electron chi connectivity index (χ1n) is 10.8. The van der Waals surface area contributed by atoms with Crippen molar-refractivity contribution in [1.29, 1.82) is 0 Å².